The molecule has 1 fully saturated rings. The van der Waals surface area contributed by atoms with E-state index in [-0.39, 0.29) is 10.8 Å². The molecule has 0 aliphatic carbocycles. The summed E-state index contributed by atoms with van der Waals surface area (Å²) in [6.07, 6.45) is 1.35. The van der Waals surface area contributed by atoms with Gasteiger partial charge in [0.25, 0.3) is 10.0 Å². The predicted molar refractivity (Wildman–Crippen MR) is 136 cm³/mol. The van der Waals surface area contributed by atoms with Crippen LogP contribution in [0.4, 0.5) is 17.1 Å². The second-order valence-corrected chi connectivity index (χ2v) is 10.2. The second-order valence-electron chi connectivity index (χ2n) is 7.91. The van der Waals surface area contributed by atoms with Crippen molar-refractivity contribution in [3.05, 3.63) is 77.8 Å². The van der Waals surface area contributed by atoms with Crippen molar-refractivity contribution in [2.45, 2.75) is 17.7 Å². The van der Waals surface area contributed by atoms with Crippen molar-refractivity contribution in [3.63, 3.8) is 0 Å². The van der Waals surface area contributed by atoms with Crippen molar-refractivity contribution in [1.82, 2.24) is 0 Å². The Labute approximate surface area is 209 Å². The summed E-state index contributed by atoms with van der Waals surface area (Å²) >= 11 is 5.98. The number of hydrogen-bond acceptors (Lipinski definition) is 5. The number of halogens is 1. The van der Waals surface area contributed by atoms with Crippen LogP contribution in [-0.2, 0) is 19.6 Å². The summed E-state index contributed by atoms with van der Waals surface area (Å²) < 4.78 is 33.1. The van der Waals surface area contributed by atoms with Crippen molar-refractivity contribution in [3.8, 4) is 5.75 Å². The Kier molecular flexibility index (Phi) is 7.28. The van der Waals surface area contributed by atoms with E-state index in [0.29, 0.717) is 35.1 Å². The van der Waals surface area contributed by atoms with Gasteiger partial charge in [-0.3, -0.25) is 13.9 Å². The van der Waals surface area contributed by atoms with Gasteiger partial charge >= 0.3 is 0 Å². The van der Waals surface area contributed by atoms with E-state index in [1.54, 1.807) is 65.6 Å². The third-order valence-electron chi connectivity index (χ3n) is 5.59. The van der Waals surface area contributed by atoms with E-state index in [0.717, 1.165) is 16.4 Å². The van der Waals surface area contributed by atoms with E-state index < -0.39 is 22.5 Å². The molecular weight excluding hydrogens is 490 g/mol. The number of ether oxygens (including phenoxy) is 1. The molecule has 3 aromatic carbocycles. The molecule has 0 aromatic heterocycles. The zero-order chi connectivity index (χ0) is 25.0. The largest absolute Gasteiger partial charge is 0.497 e. The molecule has 1 N–H and O–H groups in total. The van der Waals surface area contributed by atoms with Crippen LogP contribution in [-0.4, -0.2) is 40.4 Å². The summed E-state index contributed by atoms with van der Waals surface area (Å²) in [7, 11) is -2.58. The first-order valence-corrected chi connectivity index (χ1v) is 12.7. The first-order valence-electron chi connectivity index (χ1n) is 10.9. The van der Waals surface area contributed by atoms with Crippen LogP contribution in [0.2, 0.25) is 5.02 Å². The molecular formula is C25H24ClN3O5S. The van der Waals surface area contributed by atoms with Gasteiger partial charge in [0, 0.05) is 29.4 Å². The standard InChI is InChI=1S/C25H24ClN3O5S/c1-34-22-12-14-23(15-13-22)35(32,33)29(21-8-4-18(26)5-9-21)17-24(30)27-19-6-10-20(11-7-19)28-16-2-3-25(28)31/h4-15H,2-3,16-17H2,1H3,(H,27,30). The minimum Gasteiger partial charge on any atom is -0.497 e. The van der Waals surface area contributed by atoms with E-state index in [9.17, 15) is 18.0 Å². The first kappa shape index (κ1) is 24.6. The fourth-order valence-corrected chi connectivity index (χ4v) is 5.32. The summed E-state index contributed by atoms with van der Waals surface area (Å²) in [5, 5.41) is 3.17. The van der Waals surface area contributed by atoms with E-state index in [4.69, 9.17) is 16.3 Å². The Morgan fingerprint density at radius 3 is 2.26 bits per heavy atom. The van der Waals surface area contributed by atoms with Crippen LogP contribution < -0.4 is 19.3 Å². The number of methoxy groups -OCH3 is 1. The van der Waals surface area contributed by atoms with Gasteiger partial charge in [0.2, 0.25) is 11.8 Å². The Hall–Kier alpha value is -3.56. The molecule has 0 radical (unpaired) electrons. The number of rotatable bonds is 8. The number of hydrogen-bond donors (Lipinski definition) is 1. The number of carbonyl (C=O) groups is 2. The van der Waals surface area contributed by atoms with Gasteiger partial charge in [0.1, 0.15) is 12.3 Å². The third-order valence-corrected chi connectivity index (χ3v) is 7.63. The molecule has 0 unspecified atom stereocenters. The maximum Gasteiger partial charge on any atom is 0.264 e. The van der Waals surface area contributed by atoms with Crippen LogP contribution in [0.1, 0.15) is 12.8 Å². The van der Waals surface area contributed by atoms with Crippen molar-refractivity contribution < 1.29 is 22.7 Å². The van der Waals surface area contributed by atoms with E-state index in [1.165, 1.54) is 19.2 Å². The minimum atomic E-state index is -4.07. The molecule has 0 saturated carbocycles. The zero-order valence-corrected chi connectivity index (χ0v) is 20.6. The number of amides is 2. The number of sulfonamides is 1. The Morgan fingerprint density at radius 1 is 1.03 bits per heavy atom. The number of carbonyl (C=O) groups excluding carboxylic acids is 2. The summed E-state index contributed by atoms with van der Waals surface area (Å²) in [5.41, 5.74) is 1.54. The topological polar surface area (TPSA) is 96.0 Å². The molecule has 0 bridgehead atoms. The van der Waals surface area contributed by atoms with E-state index in [1.807, 2.05) is 0 Å². The fourth-order valence-electron chi connectivity index (χ4n) is 3.77. The summed E-state index contributed by atoms with van der Waals surface area (Å²) in [6.45, 7) is 0.214. The zero-order valence-electron chi connectivity index (χ0n) is 19.0. The number of benzene rings is 3. The van der Waals surface area contributed by atoms with Gasteiger partial charge in [0.15, 0.2) is 0 Å². The molecule has 1 heterocycles. The van der Waals surface area contributed by atoms with Crippen LogP contribution in [0.5, 0.6) is 5.75 Å². The quantitative estimate of drug-likeness (QED) is 0.484. The molecule has 35 heavy (non-hydrogen) atoms. The average molecular weight is 514 g/mol. The Morgan fingerprint density at radius 2 is 1.69 bits per heavy atom. The summed E-state index contributed by atoms with van der Waals surface area (Å²) in [5.74, 6) is 0.0602. The lowest BCUT2D eigenvalue weighted by Crippen LogP contribution is -2.38. The van der Waals surface area contributed by atoms with Gasteiger partial charge in [-0.25, -0.2) is 8.42 Å². The molecule has 10 heteroatoms. The van der Waals surface area contributed by atoms with Gasteiger partial charge < -0.3 is 15.0 Å². The molecule has 0 atom stereocenters. The minimum absolute atomic E-state index is 0.0145. The van der Waals surface area contributed by atoms with Crippen molar-refractivity contribution in [1.29, 1.82) is 0 Å². The lowest BCUT2D eigenvalue weighted by Gasteiger charge is -2.24. The fraction of sp³-hybridized carbons (Fsp3) is 0.200. The molecule has 4 rings (SSSR count). The van der Waals surface area contributed by atoms with E-state index >= 15 is 0 Å². The van der Waals surface area contributed by atoms with Gasteiger partial charge in [-0.05, 0) is 79.2 Å². The lowest BCUT2D eigenvalue weighted by molar-refractivity contribution is -0.117. The van der Waals surface area contributed by atoms with Crippen molar-refractivity contribution in [2.75, 3.05) is 34.7 Å². The molecule has 8 nitrogen and oxygen atoms in total. The smallest absolute Gasteiger partial charge is 0.264 e. The SMILES string of the molecule is COc1ccc(S(=O)(=O)N(CC(=O)Nc2ccc(N3CCCC3=O)cc2)c2ccc(Cl)cc2)cc1. The van der Waals surface area contributed by atoms with Crippen molar-refractivity contribution in [2.24, 2.45) is 0 Å². The van der Waals surface area contributed by atoms with Crippen molar-refractivity contribution >= 4 is 50.5 Å². The van der Waals surface area contributed by atoms with Crippen LogP contribution >= 0.6 is 11.6 Å². The highest BCUT2D eigenvalue weighted by atomic mass is 35.5. The number of nitrogens with one attached hydrogen (secondary N) is 1. The molecule has 1 aliphatic rings. The van der Waals surface area contributed by atoms with Gasteiger partial charge in [0.05, 0.1) is 17.7 Å². The van der Waals surface area contributed by atoms with Crippen LogP contribution in [0.25, 0.3) is 0 Å². The molecule has 3 aromatic rings. The predicted octanol–water partition coefficient (Wildman–Crippen LogP) is 4.31. The molecule has 1 saturated heterocycles. The normalized spacial score (nSPS) is 13.5. The highest BCUT2D eigenvalue weighted by molar-refractivity contribution is 7.92. The first-order chi connectivity index (χ1) is 16.8. The number of nitrogens with zero attached hydrogens (tertiary/aromatic N) is 2. The maximum absolute atomic E-state index is 13.5. The van der Waals surface area contributed by atoms with Gasteiger partial charge in [-0.2, -0.15) is 0 Å². The molecule has 182 valence electrons. The lowest BCUT2D eigenvalue weighted by atomic mass is 10.2. The van der Waals surface area contributed by atoms with Crippen LogP contribution in [0.3, 0.4) is 0 Å². The number of anilines is 3. The molecule has 2 amide bonds. The van der Waals surface area contributed by atoms with Crippen LogP contribution in [0, 0.1) is 0 Å². The molecule has 0 spiro atoms. The monoisotopic (exact) mass is 513 g/mol. The Balaban J connectivity index is 1.55. The van der Waals surface area contributed by atoms with Gasteiger partial charge in [-0.15, -0.1) is 0 Å². The highest BCUT2D eigenvalue weighted by Gasteiger charge is 2.27. The average Bonchev–Trinajstić information content (AvgIpc) is 3.29. The Bertz CT molecular complexity index is 1310. The van der Waals surface area contributed by atoms with Gasteiger partial charge in [-0.1, -0.05) is 11.6 Å². The summed E-state index contributed by atoms with van der Waals surface area (Å²) in [6, 6.07) is 19.0. The molecule has 1 aliphatic heterocycles. The second kappa shape index (κ2) is 10.4. The van der Waals surface area contributed by atoms with E-state index in [2.05, 4.69) is 5.32 Å². The summed E-state index contributed by atoms with van der Waals surface area (Å²) in [4.78, 5) is 26.6. The van der Waals surface area contributed by atoms with Crippen LogP contribution in [0.15, 0.2) is 77.7 Å². The highest BCUT2D eigenvalue weighted by Crippen LogP contribution is 2.27. The maximum atomic E-state index is 13.5. The third kappa shape index (κ3) is 5.58.